The van der Waals surface area contributed by atoms with Crippen LogP contribution in [0.1, 0.15) is 79.8 Å². The summed E-state index contributed by atoms with van der Waals surface area (Å²) in [4.78, 5) is 0. The first-order valence-corrected chi connectivity index (χ1v) is 21.7. The summed E-state index contributed by atoms with van der Waals surface area (Å²) in [7, 11) is 0. The van der Waals surface area contributed by atoms with Crippen molar-refractivity contribution in [3.05, 3.63) is 257 Å². The lowest BCUT2D eigenvalue weighted by molar-refractivity contribution is 0.762. The first kappa shape index (κ1) is 37.0. The van der Waals surface area contributed by atoms with Crippen LogP contribution in [-0.4, -0.2) is 0 Å². The Balaban J connectivity index is 0.000000138. The highest BCUT2D eigenvalue weighted by Gasteiger charge is 2.50. The van der Waals surface area contributed by atoms with Gasteiger partial charge >= 0.3 is 0 Å². The summed E-state index contributed by atoms with van der Waals surface area (Å²) in [6.07, 6.45) is 4.34. The van der Waals surface area contributed by atoms with Gasteiger partial charge in [0.25, 0.3) is 0 Å². The Morgan fingerprint density at radius 2 is 0.638 bits per heavy atom. The van der Waals surface area contributed by atoms with Crippen molar-refractivity contribution in [2.24, 2.45) is 0 Å². The third-order valence-corrected chi connectivity index (χ3v) is 14.3. The van der Waals surface area contributed by atoms with Crippen LogP contribution in [0, 0.1) is 6.92 Å². The van der Waals surface area contributed by atoms with E-state index in [1.807, 2.05) is 0 Å². The highest BCUT2D eigenvalue weighted by molar-refractivity contribution is 9.10. The zero-order chi connectivity index (χ0) is 38.3. The molecule has 0 saturated heterocycles. The SMILES string of the molecule is Brc1ccc2c(c1)-c1cc(Br)ccc1C21c2ccccc2CCc2ccccc21.C.Cc1ccc2c(c1)-c1ccccc1C21c2ccccc2CCc2ccccc21. The fourth-order valence-electron chi connectivity index (χ4n) is 11.1. The summed E-state index contributed by atoms with van der Waals surface area (Å²) in [6, 6.07) is 66.0. The van der Waals surface area contributed by atoms with Crippen LogP contribution in [0.4, 0.5) is 0 Å². The van der Waals surface area contributed by atoms with E-state index in [4.69, 9.17) is 0 Å². The van der Waals surface area contributed by atoms with E-state index < -0.39 is 0 Å². The van der Waals surface area contributed by atoms with E-state index in [2.05, 4.69) is 215 Å². The van der Waals surface area contributed by atoms with Crippen LogP contribution in [-0.2, 0) is 36.5 Å². The van der Waals surface area contributed by atoms with Gasteiger partial charge in [-0.15, -0.1) is 0 Å². The van der Waals surface area contributed by atoms with Gasteiger partial charge in [-0.05, 0) is 146 Å². The summed E-state index contributed by atoms with van der Waals surface area (Å²) in [5.41, 5.74) is 23.5. The van der Waals surface area contributed by atoms with E-state index in [1.54, 1.807) is 0 Å². The Bertz CT molecular complexity index is 2770. The molecule has 0 nitrogen and oxygen atoms in total. The molecule has 58 heavy (non-hydrogen) atoms. The molecule has 4 aliphatic rings. The molecule has 12 rings (SSSR count). The van der Waals surface area contributed by atoms with Crippen molar-refractivity contribution in [1.29, 1.82) is 0 Å². The maximum Gasteiger partial charge on any atom is 0.0718 e. The molecule has 282 valence electrons. The quantitative estimate of drug-likeness (QED) is 0.142. The van der Waals surface area contributed by atoms with Crippen molar-refractivity contribution in [1.82, 2.24) is 0 Å². The minimum atomic E-state index is -0.268. The molecule has 0 aromatic heterocycles. The standard InChI is InChI=1S/C28H22.C27H18Br2.CH4/c1-19-14-17-27-23(18-19)22-10-4-7-13-26(22)28(27)24-11-5-2-8-20(24)15-16-21-9-3-6-12-25(21)28;28-19-11-13-25-21(15-19)22-16-20(29)12-14-26(22)27(25)23-7-3-1-5-17(23)9-10-18-6-2-4-8-24(18)27;/h2-14,17-18H,15-16H2,1H3;1-8,11-16H,9-10H2;1H4. The van der Waals surface area contributed by atoms with Crippen LogP contribution in [0.15, 0.2) is 185 Å². The molecule has 2 heteroatoms. The van der Waals surface area contributed by atoms with Crippen LogP contribution < -0.4 is 0 Å². The third-order valence-electron chi connectivity index (χ3n) is 13.3. The molecule has 8 aromatic carbocycles. The first-order valence-electron chi connectivity index (χ1n) is 20.1. The molecule has 0 unspecified atom stereocenters. The van der Waals surface area contributed by atoms with Crippen LogP contribution in [0.2, 0.25) is 0 Å². The van der Waals surface area contributed by atoms with Gasteiger partial charge in [-0.25, -0.2) is 0 Å². The average molecular weight is 877 g/mol. The Morgan fingerprint density at radius 1 is 0.328 bits per heavy atom. The molecule has 0 fully saturated rings. The van der Waals surface area contributed by atoms with Crippen molar-refractivity contribution in [3.8, 4) is 22.3 Å². The highest BCUT2D eigenvalue weighted by atomic mass is 79.9. The zero-order valence-corrected chi connectivity index (χ0v) is 35.0. The van der Waals surface area contributed by atoms with Gasteiger partial charge in [0.15, 0.2) is 0 Å². The number of rotatable bonds is 0. The number of hydrogen-bond acceptors (Lipinski definition) is 0. The summed E-state index contributed by atoms with van der Waals surface area (Å²) in [5.74, 6) is 0. The topological polar surface area (TPSA) is 0 Å². The largest absolute Gasteiger partial charge is 0.0776 e. The molecule has 0 amide bonds. The minimum absolute atomic E-state index is 0. The molecule has 0 bridgehead atoms. The van der Waals surface area contributed by atoms with Crippen LogP contribution >= 0.6 is 31.9 Å². The molecule has 2 spiro atoms. The summed E-state index contributed by atoms with van der Waals surface area (Å²) >= 11 is 7.43. The molecule has 8 aromatic rings. The molecule has 0 N–H and O–H groups in total. The second kappa shape index (κ2) is 14.2. The van der Waals surface area contributed by atoms with Crippen molar-refractivity contribution in [3.63, 3.8) is 0 Å². The predicted molar refractivity (Wildman–Crippen MR) is 249 cm³/mol. The molecule has 0 heterocycles. The highest BCUT2D eigenvalue weighted by Crippen LogP contribution is 2.60. The second-order valence-electron chi connectivity index (χ2n) is 16.1. The molecular weight excluding hydrogens is 832 g/mol. The predicted octanol–water partition coefficient (Wildman–Crippen LogP) is 14.8. The Morgan fingerprint density at radius 3 is 1.05 bits per heavy atom. The van der Waals surface area contributed by atoms with Crippen LogP contribution in [0.25, 0.3) is 22.3 Å². The van der Waals surface area contributed by atoms with Gasteiger partial charge in [0.05, 0.1) is 10.8 Å². The number of fused-ring (bicyclic) bond motifs is 18. The smallest absolute Gasteiger partial charge is 0.0718 e. The molecule has 0 atom stereocenters. The first-order chi connectivity index (χ1) is 28.0. The third kappa shape index (κ3) is 5.24. The molecular formula is C56H44Br2. The normalized spacial score (nSPS) is 15.0. The second-order valence-corrected chi connectivity index (χ2v) is 17.9. The maximum atomic E-state index is 3.71. The van der Waals surface area contributed by atoms with Crippen LogP contribution in [0.3, 0.4) is 0 Å². The van der Waals surface area contributed by atoms with E-state index in [0.29, 0.717) is 0 Å². The van der Waals surface area contributed by atoms with Gasteiger partial charge in [0.1, 0.15) is 0 Å². The average Bonchev–Trinajstić information content (AvgIpc) is 3.55. The van der Waals surface area contributed by atoms with Gasteiger partial charge in [0.2, 0.25) is 0 Å². The summed E-state index contributed by atoms with van der Waals surface area (Å²) < 4.78 is 2.24. The van der Waals surface area contributed by atoms with E-state index in [-0.39, 0.29) is 18.3 Å². The van der Waals surface area contributed by atoms with Gasteiger partial charge < -0.3 is 0 Å². The number of hydrogen-bond donors (Lipinski definition) is 0. The van der Waals surface area contributed by atoms with Gasteiger partial charge in [0, 0.05) is 8.95 Å². The van der Waals surface area contributed by atoms with Gasteiger partial charge in [-0.2, -0.15) is 0 Å². The van der Waals surface area contributed by atoms with E-state index in [0.717, 1.165) is 34.6 Å². The lowest BCUT2D eigenvalue weighted by Crippen LogP contribution is -2.29. The molecule has 0 saturated carbocycles. The van der Waals surface area contributed by atoms with E-state index in [1.165, 1.54) is 94.6 Å². The Labute approximate surface area is 359 Å². The molecule has 0 radical (unpaired) electrons. The molecule has 4 aliphatic carbocycles. The van der Waals surface area contributed by atoms with Gasteiger partial charge in [-0.3, -0.25) is 0 Å². The lowest BCUT2D eigenvalue weighted by atomic mass is 9.66. The summed E-state index contributed by atoms with van der Waals surface area (Å²) in [6.45, 7) is 2.20. The Kier molecular flexibility index (Phi) is 9.08. The van der Waals surface area contributed by atoms with Crippen molar-refractivity contribution >= 4 is 31.9 Å². The number of aryl methyl sites for hydroxylation is 5. The van der Waals surface area contributed by atoms with Gasteiger partial charge in [-0.1, -0.05) is 197 Å². The van der Waals surface area contributed by atoms with Crippen molar-refractivity contribution in [2.75, 3.05) is 0 Å². The van der Waals surface area contributed by atoms with E-state index >= 15 is 0 Å². The zero-order valence-electron chi connectivity index (χ0n) is 31.8. The fraction of sp³-hybridized carbons (Fsp3) is 0.143. The lowest BCUT2D eigenvalue weighted by Gasteiger charge is -2.35. The number of benzene rings is 8. The summed E-state index contributed by atoms with van der Waals surface area (Å²) in [5, 5.41) is 0. The molecule has 0 aliphatic heterocycles. The fourth-order valence-corrected chi connectivity index (χ4v) is 11.8. The minimum Gasteiger partial charge on any atom is -0.0776 e. The van der Waals surface area contributed by atoms with E-state index in [9.17, 15) is 0 Å². The van der Waals surface area contributed by atoms with Crippen molar-refractivity contribution < 1.29 is 0 Å². The number of halogens is 2. The Hall–Kier alpha value is -5.28. The van der Waals surface area contributed by atoms with Crippen LogP contribution in [0.5, 0.6) is 0 Å². The monoisotopic (exact) mass is 874 g/mol. The van der Waals surface area contributed by atoms with Crippen molar-refractivity contribution in [2.45, 2.75) is 50.9 Å². The maximum absolute atomic E-state index is 3.71.